The first kappa shape index (κ1) is 28.2. The zero-order valence-electron chi connectivity index (χ0n) is 23.6. The van der Waals surface area contributed by atoms with E-state index in [4.69, 9.17) is 15.2 Å². The molecule has 2 amide bonds. The smallest absolute Gasteiger partial charge is 0.420 e. The Bertz CT molecular complexity index is 1600. The molecule has 1 atom stereocenters. The van der Waals surface area contributed by atoms with Crippen LogP contribution >= 0.6 is 0 Å². The third-order valence-electron chi connectivity index (χ3n) is 8.27. The SMILES string of the molecule is NCCCC(C(=O)O)N(C(=O)OCc1cccc2c1Cc1ccccc1-2)C(=O)OCc1cccc2c1Cc1ccccc1-2. The van der Waals surface area contributed by atoms with Crippen molar-refractivity contribution in [3.8, 4) is 22.3 Å². The summed E-state index contributed by atoms with van der Waals surface area (Å²) in [5, 5.41) is 9.99. The average molecular weight is 577 g/mol. The van der Waals surface area contributed by atoms with Crippen molar-refractivity contribution in [2.24, 2.45) is 5.73 Å². The molecule has 0 heterocycles. The maximum atomic E-state index is 13.4. The van der Waals surface area contributed by atoms with Gasteiger partial charge in [-0.05, 0) is 87.9 Å². The van der Waals surface area contributed by atoms with Crippen LogP contribution in [-0.2, 0) is 40.3 Å². The highest BCUT2D eigenvalue weighted by atomic mass is 16.6. The predicted octanol–water partition coefficient (Wildman–Crippen LogP) is 6.30. The highest BCUT2D eigenvalue weighted by Crippen LogP contribution is 2.39. The number of carboxylic acid groups (broad SMARTS) is 1. The van der Waals surface area contributed by atoms with E-state index in [9.17, 15) is 19.5 Å². The van der Waals surface area contributed by atoms with E-state index in [1.807, 2.05) is 60.7 Å². The Morgan fingerprint density at radius 2 is 1.16 bits per heavy atom. The van der Waals surface area contributed by atoms with Crippen LogP contribution < -0.4 is 5.73 Å². The molecule has 6 rings (SSSR count). The summed E-state index contributed by atoms with van der Waals surface area (Å²) in [7, 11) is 0. The second-order valence-corrected chi connectivity index (χ2v) is 10.8. The fourth-order valence-electron chi connectivity index (χ4n) is 6.14. The summed E-state index contributed by atoms with van der Waals surface area (Å²) >= 11 is 0. The number of fused-ring (bicyclic) bond motifs is 6. The first-order chi connectivity index (χ1) is 21.0. The van der Waals surface area contributed by atoms with Gasteiger partial charge in [-0.1, -0.05) is 84.9 Å². The van der Waals surface area contributed by atoms with Gasteiger partial charge in [-0.25, -0.2) is 14.4 Å². The lowest BCUT2D eigenvalue weighted by molar-refractivity contribution is -0.142. The van der Waals surface area contributed by atoms with Gasteiger partial charge in [0.05, 0.1) is 0 Å². The number of imide groups is 1. The van der Waals surface area contributed by atoms with Crippen LogP contribution in [0.2, 0.25) is 0 Å². The van der Waals surface area contributed by atoms with Crippen LogP contribution in [-0.4, -0.2) is 40.7 Å². The molecule has 218 valence electrons. The first-order valence-electron chi connectivity index (χ1n) is 14.4. The van der Waals surface area contributed by atoms with Gasteiger partial charge in [0, 0.05) is 0 Å². The number of hydrogen-bond donors (Lipinski definition) is 2. The minimum atomic E-state index is -1.49. The molecule has 0 bridgehead atoms. The van der Waals surface area contributed by atoms with E-state index >= 15 is 0 Å². The van der Waals surface area contributed by atoms with Crippen molar-refractivity contribution in [3.05, 3.63) is 118 Å². The number of rotatable bonds is 9. The second kappa shape index (κ2) is 12.1. The van der Waals surface area contributed by atoms with Gasteiger partial charge in [0.1, 0.15) is 19.3 Å². The maximum Gasteiger partial charge on any atom is 0.420 e. The summed E-state index contributed by atoms with van der Waals surface area (Å²) in [6.07, 6.45) is -0.485. The molecule has 0 saturated carbocycles. The molecule has 0 spiro atoms. The summed E-state index contributed by atoms with van der Waals surface area (Å²) in [6.45, 7) is -0.0317. The van der Waals surface area contributed by atoms with Gasteiger partial charge in [0.2, 0.25) is 0 Å². The van der Waals surface area contributed by atoms with Crippen LogP contribution in [0, 0.1) is 0 Å². The van der Waals surface area contributed by atoms with Gasteiger partial charge < -0.3 is 20.3 Å². The lowest BCUT2D eigenvalue weighted by Gasteiger charge is -2.26. The van der Waals surface area contributed by atoms with E-state index in [2.05, 4.69) is 24.3 Å². The Morgan fingerprint density at radius 3 is 1.63 bits per heavy atom. The van der Waals surface area contributed by atoms with E-state index < -0.39 is 24.2 Å². The van der Waals surface area contributed by atoms with E-state index in [1.54, 1.807) is 0 Å². The van der Waals surface area contributed by atoms with Gasteiger partial charge in [-0.15, -0.1) is 0 Å². The third kappa shape index (κ3) is 5.49. The Balaban J connectivity index is 1.20. The van der Waals surface area contributed by atoms with Crippen molar-refractivity contribution in [1.82, 2.24) is 4.90 Å². The van der Waals surface area contributed by atoms with Crippen molar-refractivity contribution in [1.29, 1.82) is 0 Å². The molecular weight excluding hydrogens is 544 g/mol. The standard InChI is InChI=1S/C35H32N2O6/c36-17-7-16-32(33(38)39)37(34(40)42-20-24-10-5-14-28-26-12-3-1-8-22(26)18-30(24)28)35(41)43-21-25-11-6-15-29-27-13-4-2-9-23(27)19-31(25)29/h1-6,8-15,32H,7,16-21,36H2,(H,38,39). The van der Waals surface area contributed by atoms with Crippen LogP contribution in [0.5, 0.6) is 0 Å². The van der Waals surface area contributed by atoms with Gasteiger partial charge >= 0.3 is 18.2 Å². The van der Waals surface area contributed by atoms with E-state index in [-0.39, 0.29) is 26.2 Å². The fraction of sp³-hybridized carbons (Fsp3) is 0.229. The first-order valence-corrected chi connectivity index (χ1v) is 14.4. The number of benzene rings is 4. The molecule has 0 saturated heterocycles. The summed E-state index contributed by atoms with van der Waals surface area (Å²) < 4.78 is 11.2. The Morgan fingerprint density at radius 1 is 0.698 bits per heavy atom. The molecule has 2 aliphatic rings. The van der Waals surface area contributed by atoms with E-state index in [1.165, 1.54) is 11.1 Å². The lowest BCUT2D eigenvalue weighted by Crippen LogP contribution is -2.49. The van der Waals surface area contributed by atoms with E-state index in [0.717, 1.165) is 44.5 Å². The summed E-state index contributed by atoms with van der Waals surface area (Å²) in [5.41, 5.74) is 16.1. The minimum Gasteiger partial charge on any atom is -0.480 e. The minimum absolute atomic E-state index is 0.0257. The largest absolute Gasteiger partial charge is 0.480 e. The van der Waals surface area contributed by atoms with Crippen LogP contribution in [0.25, 0.3) is 22.3 Å². The van der Waals surface area contributed by atoms with Crippen molar-refractivity contribution < 1.29 is 29.0 Å². The lowest BCUT2D eigenvalue weighted by atomic mass is 10.0. The molecule has 0 aliphatic heterocycles. The third-order valence-corrected chi connectivity index (χ3v) is 8.27. The van der Waals surface area contributed by atoms with Gasteiger partial charge in [-0.2, -0.15) is 4.90 Å². The molecule has 0 radical (unpaired) electrons. The van der Waals surface area contributed by atoms with Crippen LogP contribution in [0.4, 0.5) is 9.59 Å². The maximum absolute atomic E-state index is 13.4. The van der Waals surface area contributed by atoms with Crippen molar-refractivity contribution in [2.45, 2.75) is 44.9 Å². The number of carbonyl (C=O) groups is 3. The monoisotopic (exact) mass is 576 g/mol. The molecule has 4 aromatic rings. The molecule has 4 aromatic carbocycles. The number of carbonyl (C=O) groups excluding carboxylic acids is 2. The molecule has 0 fully saturated rings. The normalized spacial score (nSPS) is 12.9. The number of amides is 2. The summed E-state index contributed by atoms with van der Waals surface area (Å²) in [5.74, 6) is -1.34. The Hall–Kier alpha value is -4.95. The van der Waals surface area contributed by atoms with Gasteiger partial charge in [-0.3, -0.25) is 0 Å². The number of nitrogens with zero attached hydrogens (tertiary/aromatic N) is 1. The van der Waals surface area contributed by atoms with Crippen LogP contribution in [0.1, 0.15) is 46.2 Å². The van der Waals surface area contributed by atoms with Crippen molar-refractivity contribution >= 4 is 18.2 Å². The molecule has 1 unspecified atom stereocenters. The molecule has 8 heteroatoms. The van der Waals surface area contributed by atoms with Crippen LogP contribution in [0.15, 0.2) is 84.9 Å². The summed E-state index contributed by atoms with van der Waals surface area (Å²) in [4.78, 5) is 39.7. The molecular formula is C35H32N2O6. The number of carboxylic acids is 1. The molecule has 0 aromatic heterocycles. The zero-order chi connectivity index (χ0) is 29.9. The Labute approximate surface area is 249 Å². The zero-order valence-corrected chi connectivity index (χ0v) is 23.6. The second-order valence-electron chi connectivity index (χ2n) is 10.8. The number of hydrogen-bond acceptors (Lipinski definition) is 6. The van der Waals surface area contributed by atoms with E-state index in [0.29, 0.717) is 24.2 Å². The number of ether oxygens (including phenoxy) is 2. The quantitative estimate of drug-likeness (QED) is 0.207. The van der Waals surface area contributed by atoms with Crippen molar-refractivity contribution in [2.75, 3.05) is 6.54 Å². The predicted molar refractivity (Wildman–Crippen MR) is 161 cm³/mol. The topological polar surface area (TPSA) is 119 Å². The molecule has 43 heavy (non-hydrogen) atoms. The fourth-order valence-corrected chi connectivity index (χ4v) is 6.14. The van der Waals surface area contributed by atoms with Gasteiger partial charge in [0.25, 0.3) is 0 Å². The average Bonchev–Trinajstić information content (AvgIpc) is 3.60. The van der Waals surface area contributed by atoms with Gasteiger partial charge in [0.15, 0.2) is 0 Å². The highest BCUT2D eigenvalue weighted by molar-refractivity contribution is 5.93. The highest BCUT2D eigenvalue weighted by Gasteiger charge is 2.37. The molecule has 2 aliphatic carbocycles. The Kier molecular flexibility index (Phi) is 7.94. The van der Waals surface area contributed by atoms with Crippen LogP contribution in [0.3, 0.4) is 0 Å². The van der Waals surface area contributed by atoms with Crippen molar-refractivity contribution in [3.63, 3.8) is 0 Å². The number of aliphatic carboxylic acids is 1. The number of nitrogens with two attached hydrogens (primary N) is 1. The molecule has 3 N–H and O–H groups in total. The molecule has 8 nitrogen and oxygen atoms in total. The summed E-state index contributed by atoms with van der Waals surface area (Å²) in [6, 6.07) is 26.3.